The van der Waals surface area contributed by atoms with Crippen LogP contribution in [-0.4, -0.2) is 39.0 Å². The van der Waals surface area contributed by atoms with Crippen molar-refractivity contribution in [2.24, 2.45) is 5.92 Å². The molecule has 116 valence electrons. The monoisotopic (exact) mass is 304 g/mol. The van der Waals surface area contributed by atoms with Gasteiger partial charge in [-0.3, -0.25) is 9.59 Å². The minimum Gasteiger partial charge on any atom is -0.507 e. The number of hydrogen-bond donors (Lipinski definition) is 3. The van der Waals surface area contributed by atoms with Gasteiger partial charge in [0.05, 0.1) is 24.0 Å². The summed E-state index contributed by atoms with van der Waals surface area (Å²) in [6.07, 6.45) is 1.05. The van der Waals surface area contributed by atoms with E-state index in [-0.39, 0.29) is 24.2 Å². The summed E-state index contributed by atoms with van der Waals surface area (Å²) in [5.41, 5.74) is 1.37. The van der Waals surface area contributed by atoms with Gasteiger partial charge in [-0.1, -0.05) is 23.8 Å². The van der Waals surface area contributed by atoms with Crippen molar-refractivity contribution in [3.05, 3.63) is 34.9 Å². The van der Waals surface area contributed by atoms with Crippen LogP contribution in [-0.2, 0) is 9.53 Å². The van der Waals surface area contributed by atoms with Crippen molar-refractivity contribution in [3.63, 3.8) is 0 Å². The molecule has 2 unspecified atom stereocenters. The fraction of sp³-hybridized carbons (Fsp3) is 0.375. The van der Waals surface area contributed by atoms with Crippen LogP contribution in [0.15, 0.2) is 23.8 Å². The summed E-state index contributed by atoms with van der Waals surface area (Å²) in [5.74, 6) is -4.31. The van der Waals surface area contributed by atoms with Crippen molar-refractivity contribution in [1.82, 2.24) is 0 Å². The average Bonchev–Trinajstić information content (AvgIpc) is 2.35. The Morgan fingerprint density at radius 2 is 2.18 bits per heavy atom. The molecule has 6 heteroatoms. The van der Waals surface area contributed by atoms with E-state index in [0.717, 1.165) is 0 Å². The van der Waals surface area contributed by atoms with Crippen molar-refractivity contribution in [1.29, 1.82) is 0 Å². The van der Waals surface area contributed by atoms with Gasteiger partial charge in [-0.2, -0.15) is 0 Å². The summed E-state index contributed by atoms with van der Waals surface area (Å²) in [6, 6.07) is 4.75. The van der Waals surface area contributed by atoms with E-state index in [1.165, 1.54) is 13.0 Å². The number of ether oxygens (including phenoxy) is 1. The van der Waals surface area contributed by atoms with Gasteiger partial charge in [0.1, 0.15) is 5.75 Å². The number of Topliss-reactive ketones (excluding diaryl/α,β-unsaturated/α-hetero) is 1. The van der Waals surface area contributed by atoms with E-state index in [0.29, 0.717) is 11.1 Å². The predicted molar refractivity (Wildman–Crippen MR) is 76.3 cm³/mol. The van der Waals surface area contributed by atoms with E-state index in [1.54, 1.807) is 18.2 Å². The number of aliphatic carboxylic acids is 1. The summed E-state index contributed by atoms with van der Waals surface area (Å²) >= 11 is 0. The minimum absolute atomic E-state index is 0.138. The minimum atomic E-state index is -1.80. The fourth-order valence-corrected chi connectivity index (χ4v) is 3.32. The maximum Gasteiger partial charge on any atom is 0.305 e. The molecule has 1 saturated heterocycles. The van der Waals surface area contributed by atoms with E-state index in [4.69, 9.17) is 9.84 Å². The van der Waals surface area contributed by atoms with Crippen LogP contribution >= 0.6 is 0 Å². The lowest BCUT2D eigenvalue weighted by atomic mass is 9.74. The van der Waals surface area contributed by atoms with Crippen LogP contribution < -0.4 is 0 Å². The lowest BCUT2D eigenvalue weighted by molar-refractivity contribution is -0.247. The van der Waals surface area contributed by atoms with Crippen molar-refractivity contribution in [2.45, 2.75) is 31.7 Å². The molecule has 1 aliphatic heterocycles. The lowest BCUT2D eigenvalue weighted by Crippen LogP contribution is -2.51. The number of hydrogen-bond acceptors (Lipinski definition) is 5. The number of ketones is 1. The molecule has 0 radical (unpaired) electrons. The Bertz CT molecular complexity index is 688. The van der Waals surface area contributed by atoms with Crippen molar-refractivity contribution in [2.75, 3.05) is 0 Å². The molecule has 0 amide bonds. The fourth-order valence-electron chi connectivity index (χ4n) is 3.32. The molecule has 3 rings (SSSR count). The highest BCUT2D eigenvalue weighted by molar-refractivity contribution is 6.08. The first-order chi connectivity index (χ1) is 10.3. The zero-order chi connectivity index (χ0) is 16.1. The smallest absolute Gasteiger partial charge is 0.305 e. The second-order valence-corrected chi connectivity index (χ2v) is 5.85. The summed E-state index contributed by atoms with van der Waals surface area (Å²) < 4.78 is 5.41. The molecule has 0 aromatic heterocycles. The zero-order valence-electron chi connectivity index (χ0n) is 11.9. The number of benzene rings is 1. The van der Waals surface area contributed by atoms with E-state index < -0.39 is 29.6 Å². The first-order valence-electron chi connectivity index (χ1n) is 6.98. The van der Waals surface area contributed by atoms with Gasteiger partial charge in [-0.25, -0.2) is 0 Å². The number of carbonyl (C=O) groups excluding carboxylic acids is 1. The van der Waals surface area contributed by atoms with E-state index in [2.05, 4.69) is 0 Å². The van der Waals surface area contributed by atoms with Crippen LogP contribution in [0.1, 0.15) is 35.7 Å². The quantitative estimate of drug-likeness (QED) is 0.766. The van der Waals surface area contributed by atoms with E-state index >= 15 is 0 Å². The molecule has 3 atom stereocenters. The molecule has 1 heterocycles. The first-order valence-corrected chi connectivity index (χ1v) is 6.98. The number of fused-ring (bicyclic) bond motifs is 2. The highest BCUT2D eigenvalue weighted by Crippen LogP contribution is 2.45. The van der Waals surface area contributed by atoms with Gasteiger partial charge in [0.2, 0.25) is 0 Å². The highest BCUT2D eigenvalue weighted by Gasteiger charge is 2.49. The first kappa shape index (κ1) is 14.7. The summed E-state index contributed by atoms with van der Waals surface area (Å²) in [4.78, 5) is 23.5. The second kappa shape index (κ2) is 4.93. The van der Waals surface area contributed by atoms with Gasteiger partial charge in [-0.05, 0) is 25.0 Å². The third kappa shape index (κ3) is 2.30. The van der Waals surface area contributed by atoms with Crippen molar-refractivity contribution in [3.8, 4) is 5.75 Å². The lowest BCUT2D eigenvalue weighted by Gasteiger charge is -2.43. The Labute approximate surface area is 126 Å². The zero-order valence-corrected chi connectivity index (χ0v) is 11.9. The van der Waals surface area contributed by atoms with Crippen LogP contribution in [0.3, 0.4) is 0 Å². The molecule has 0 spiro atoms. The number of carboxylic acid groups (broad SMARTS) is 1. The van der Waals surface area contributed by atoms with Crippen molar-refractivity contribution < 1.29 is 29.6 Å². The number of rotatable bonds is 2. The molecule has 1 aromatic carbocycles. The van der Waals surface area contributed by atoms with Gasteiger partial charge in [0.25, 0.3) is 0 Å². The van der Waals surface area contributed by atoms with Gasteiger partial charge in [0, 0.05) is 0 Å². The Morgan fingerprint density at radius 3 is 2.86 bits per heavy atom. The van der Waals surface area contributed by atoms with Crippen LogP contribution in [0.5, 0.6) is 5.75 Å². The predicted octanol–water partition coefficient (Wildman–Crippen LogP) is 1.56. The Morgan fingerprint density at radius 1 is 1.45 bits per heavy atom. The third-order valence-corrected chi connectivity index (χ3v) is 4.10. The summed E-state index contributed by atoms with van der Waals surface area (Å²) in [5, 5.41) is 29.3. The van der Waals surface area contributed by atoms with Gasteiger partial charge < -0.3 is 20.1 Å². The highest BCUT2D eigenvalue weighted by atomic mass is 16.6. The number of aliphatic hydroxyl groups is 1. The van der Waals surface area contributed by atoms with Gasteiger partial charge in [-0.15, -0.1) is 0 Å². The number of phenolic OH excluding ortho intramolecular Hbond substituents is 1. The summed E-state index contributed by atoms with van der Waals surface area (Å²) in [7, 11) is 0. The van der Waals surface area contributed by atoms with Gasteiger partial charge >= 0.3 is 5.97 Å². The molecular weight excluding hydrogens is 288 g/mol. The van der Waals surface area contributed by atoms with Crippen LogP contribution in [0, 0.1) is 5.92 Å². The molecular formula is C16H16O6. The van der Waals surface area contributed by atoms with Crippen molar-refractivity contribution >= 4 is 17.8 Å². The Hall–Kier alpha value is -2.18. The van der Waals surface area contributed by atoms with Gasteiger partial charge in [0.15, 0.2) is 11.6 Å². The Balaban J connectivity index is 2.06. The topological polar surface area (TPSA) is 104 Å². The van der Waals surface area contributed by atoms with E-state index in [1.807, 2.05) is 0 Å². The van der Waals surface area contributed by atoms with Crippen LogP contribution in [0.4, 0.5) is 0 Å². The molecule has 0 saturated carbocycles. The molecule has 1 fully saturated rings. The third-order valence-electron chi connectivity index (χ3n) is 4.10. The normalized spacial score (nSPS) is 30.3. The largest absolute Gasteiger partial charge is 0.507 e. The maximum absolute atomic E-state index is 12.7. The maximum atomic E-state index is 12.7. The molecule has 2 aliphatic rings. The average molecular weight is 304 g/mol. The molecule has 1 aliphatic carbocycles. The number of carboxylic acids is 1. The van der Waals surface area contributed by atoms with Crippen LogP contribution in [0.2, 0.25) is 0 Å². The molecule has 1 aromatic rings. The number of carbonyl (C=O) groups is 2. The SMILES string of the molecule is CC1(O)O[C@H](CC(=O)O)CC2=Cc3cccc(O)c3C(=O)C21. The molecule has 0 bridgehead atoms. The number of phenols is 1. The number of aromatic hydroxyl groups is 1. The molecule has 3 N–H and O–H groups in total. The standard InChI is InChI=1S/C16H16O6/c1-16(21)14-9(6-10(22-16)7-12(18)19)5-8-3-2-4-11(17)13(8)15(14)20/h2-5,10,14,17,21H,6-7H2,1H3,(H,18,19)/t10-,14?,16?/m0/s1. The molecule has 22 heavy (non-hydrogen) atoms. The van der Waals surface area contributed by atoms with Crippen LogP contribution in [0.25, 0.3) is 6.08 Å². The second-order valence-electron chi connectivity index (χ2n) is 5.85. The Kier molecular flexibility index (Phi) is 3.30. The summed E-state index contributed by atoms with van der Waals surface area (Å²) in [6.45, 7) is 1.35. The molecule has 6 nitrogen and oxygen atoms in total. The van der Waals surface area contributed by atoms with E-state index in [9.17, 15) is 19.8 Å².